The minimum atomic E-state index is -0.0683. The number of fused-ring (bicyclic) bond motifs is 5. The van der Waals surface area contributed by atoms with Gasteiger partial charge in [0, 0.05) is 31.5 Å². The highest BCUT2D eigenvalue weighted by Crippen LogP contribution is 2.68. The van der Waals surface area contributed by atoms with E-state index < -0.39 is 0 Å². The smallest absolute Gasteiger partial charge is 0.305 e. The van der Waals surface area contributed by atoms with Gasteiger partial charge >= 0.3 is 5.97 Å². The standard InChI is InChI=1S/C38H62N2O4/c1-27(14-17-35(41)43-5)31-15-16-32-36-33(19-21-38(31,32)3)37(2)20-18-30(24-28(37)25-34(36)44-26-42-4)40-22-10-7-6-8-12-29-13-9-11-23-39-29/h9,11,13,23,27-28,30-34,36,40H,6-8,10,12,14-22,24-26H2,1-5H3/t27-,28-,30-,31-,32+,33+,34-,36+,37+,38-/m1/s1. The van der Waals surface area contributed by atoms with Crippen LogP contribution in [-0.4, -0.2) is 50.7 Å². The molecule has 0 aromatic carbocycles. The molecule has 1 aromatic rings. The largest absolute Gasteiger partial charge is 0.469 e. The zero-order valence-electron chi connectivity index (χ0n) is 28.5. The zero-order valence-corrected chi connectivity index (χ0v) is 28.5. The van der Waals surface area contributed by atoms with E-state index in [4.69, 9.17) is 14.2 Å². The fraction of sp³-hybridized carbons (Fsp3) is 0.842. The van der Waals surface area contributed by atoms with Crippen LogP contribution in [0.5, 0.6) is 0 Å². The Morgan fingerprint density at radius 2 is 1.80 bits per heavy atom. The molecular weight excluding hydrogens is 548 g/mol. The first-order valence-electron chi connectivity index (χ1n) is 18.1. The van der Waals surface area contributed by atoms with Gasteiger partial charge in [-0.1, -0.05) is 39.7 Å². The number of hydrogen-bond donors (Lipinski definition) is 1. The number of nitrogens with one attached hydrogen (secondary N) is 1. The van der Waals surface area contributed by atoms with E-state index in [1.54, 1.807) is 7.11 Å². The van der Waals surface area contributed by atoms with Crippen molar-refractivity contribution in [2.45, 2.75) is 129 Å². The Bertz CT molecular complexity index is 1040. The lowest BCUT2D eigenvalue weighted by Crippen LogP contribution is -2.60. The molecule has 1 heterocycles. The lowest BCUT2D eigenvalue weighted by molar-refractivity contribution is -0.203. The van der Waals surface area contributed by atoms with Crippen molar-refractivity contribution in [3.63, 3.8) is 0 Å². The molecule has 0 unspecified atom stereocenters. The van der Waals surface area contributed by atoms with Crippen molar-refractivity contribution in [2.24, 2.45) is 46.3 Å². The normalized spacial score (nSPS) is 37.1. The molecule has 10 atom stereocenters. The van der Waals surface area contributed by atoms with Gasteiger partial charge in [-0.2, -0.15) is 0 Å². The minimum Gasteiger partial charge on any atom is -0.469 e. The number of carbonyl (C=O) groups excluding carboxylic acids is 1. The Labute approximate surface area is 268 Å². The maximum absolute atomic E-state index is 11.9. The summed E-state index contributed by atoms with van der Waals surface area (Å²) in [4.78, 5) is 16.4. The second-order valence-electron chi connectivity index (χ2n) is 15.6. The Balaban J connectivity index is 1.16. The van der Waals surface area contributed by atoms with Gasteiger partial charge in [0.25, 0.3) is 0 Å². The molecule has 4 aliphatic carbocycles. The van der Waals surface area contributed by atoms with Crippen molar-refractivity contribution < 1.29 is 19.0 Å². The fourth-order valence-corrected chi connectivity index (χ4v) is 11.0. The van der Waals surface area contributed by atoms with Gasteiger partial charge in [0.2, 0.25) is 0 Å². The first-order chi connectivity index (χ1) is 21.3. The Hall–Kier alpha value is -1.50. The number of carbonyl (C=O) groups is 1. The average Bonchev–Trinajstić information content (AvgIpc) is 3.39. The van der Waals surface area contributed by atoms with Gasteiger partial charge in [-0.3, -0.25) is 9.78 Å². The average molecular weight is 611 g/mol. The van der Waals surface area contributed by atoms with Crippen molar-refractivity contribution in [1.29, 1.82) is 0 Å². The van der Waals surface area contributed by atoms with Gasteiger partial charge in [0.05, 0.1) is 13.2 Å². The molecule has 0 saturated heterocycles. The number of esters is 1. The summed E-state index contributed by atoms with van der Waals surface area (Å²) in [6, 6.07) is 6.87. The van der Waals surface area contributed by atoms with Gasteiger partial charge in [-0.05, 0) is 142 Å². The molecule has 1 N–H and O–H groups in total. The molecule has 0 spiro atoms. The van der Waals surface area contributed by atoms with Crippen LogP contribution in [0.15, 0.2) is 24.4 Å². The summed E-state index contributed by atoms with van der Waals surface area (Å²) in [5.41, 5.74) is 1.97. The summed E-state index contributed by atoms with van der Waals surface area (Å²) < 4.78 is 17.1. The second-order valence-corrected chi connectivity index (χ2v) is 15.6. The van der Waals surface area contributed by atoms with Crippen LogP contribution in [-0.2, 0) is 25.4 Å². The molecule has 5 rings (SSSR count). The topological polar surface area (TPSA) is 69.7 Å². The van der Waals surface area contributed by atoms with E-state index in [0.29, 0.717) is 59.9 Å². The number of nitrogens with zero attached hydrogens (tertiary/aromatic N) is 1. The van der Waals surface area contributed by atoms with Crippen LogP contribution in [0.4, 0.5) is 0 Å². The molecule has 0 aliphatic heterocycles. The van der Waals surface area contributed by atoms with Crippen LogP contribution in [0, 0.1) is 46.3 Å². The van der Waals surface area contributed by atoms with E-state index in [0.717, 1.165) is 31.2 Å². The van der Waals surface area contributed by atoms with Gasteiger partial charge in [-0.15, -0.1) is 0 Å². The van der Waals surface area contributed by atoms with Crippen molar-refractivity contribution in [3.05, 3.63) is 30.1 Å². The number of hydrogen-bond acceptors (Lipinski definition) is 6. The van der Waals surface area contributed by atoms with Crippen molar-refractivity contribution in [3.8, 4) is 0 Å². The fourth-order valence-electron chi connectivity index (χ4n) is 11.0. The van der Waals surface area contributed by atoms with Gasteiger partial charge in [-0.25, -0.2) is 0 Å². The molecule has 44 heavy (non-hydrogen) atoms. The lowest BCUT2D eigenvalue weighted by Gasteiger charge is -2.63. The molecular formula is C38H62N2O4. The molecule has 4 aliphatic rings. The molecule has 0 amide bonds. The maximum Gasteiger partial charge on any atom is 0.305 e. The number of aryl methyl sites for hydroxylation is 1. The first kappa shape index (κ1) is 33.9. The quantitative estimate of drug-likeness (QED) is 0.123. The first-order valence-corrected chi connectivity index (χ1v) is 18.1. The highest BCUT2D eigenvalue weighted by Gasteiger charge is 2.63. The molecule has 0 radical (unpaired) electrons. The van der Waals surface area contributed by atoms with E-state index in [2.05, 4.69) is 43.2 Å². The third kappa shape index (κ3) is 7.39. The van der Waals surface area contributed by atoms with E-state index in [1.165, 1.54) is 89.9 Å². The lowest BCUT2D eigenvalue weighted by atomic mass is 9.43. The van der Waals surface area contributed by atoms with Crippen LogP contribution < -0.4 is 5.32 Å². The predicted molar refractivity (Wildman–Crippen MR) is 176 cm³/mol. The predicted octanol–water partition coefficient (Wildman–Crippen LogP) is 7.99. The SMILES string of the molecule is COCO[C@@H]1C[C@H]2C[C@H](NCCCCCCc3ccccn3)CC[C@]2(C)[C@H]2CC[C@]3(C)[C@@H]([C@H](C)CCC(=O)OC)CC[C@H]3[C@H]12. The number of pyridine rings is 1. The van der Waals surface area contributed by atoms with Crippen LogP contribution >= 0.6 is 0 Å². The third-order valence-electron chi connectivity index (χ3n) is 13.4. The Kier molecular flexibility index (Phi) is 11.8. The number of aromatic nitrogens is 1. The molecule has 6 nitrogen and oxygen atoms in total. The van der Waals surface area contributed by atoms with E-state index in [9.17, 15) is 4.79 Å². The summed E-state index contributed by atoms with van der Waals surface area (Å²) in [7, 11) is 3.28. The van der Waals surface area contributed by atoms with Crippen molar-refractivity contribution in [1.82, 2.24) is 10.3 Å². The second kappa shape index (κ2) is 15.4. The molecule has 4 saturated carbocycles. The Morgan fingerprint density at radius 1 is 1.00 bits per heavy atom. The molecule has 248 valence electrons. The van der Waals surface area contributed by atoms with E-state index >= 15 is 0 Å². The van der Waals surface area contributed by atoms with Crippen LogP contribution in [0.1, 0.15) is 116 Å². The summed E-state index contributed by atoms with van der Waals surface area (Å²) in [5, 5.41) is 3.99. The van der Waals surface area contributed by atoms with Crippen LogP contribution in [0.25, 0.3) is 0 Å². The van der Waals surface area contributed by atoms with E-state index in [1.807, 2.05) is 12.3 Å². The number of methoxy groups -OCH3 is 2. The summed E-state index contributed by atoms with van der Waals surface area (Å²) in [6.07, 6.45) is 20.3. The number of unbranched alkanes of at least 4 members (excludes halogenated alkanes) is 3. The number of rotatable bonds is 15. The van der Waals surface area contributed by atoms with Crippen LogP contribution in [0.2, 0.25) is 0 Å². The Morgan fingerprint density at radius 3 is 2.57 bits per heavy atom. The van der Waals surface area contributed by atoms with E-state index in [-0.39, 0.29) is 5.97 Å². The van der Waals surface area contributed by atoms with Crippen molar-refractivity contribution in [2.75, 3.05) is 27.6 Å². The summed E-state index contributed by atoms with van der Waals surface area (Å²) in [6.45, 7) is 9.20. The maximum atomic E-state index is 11.9. The van der Waals surface area contributed by atoms with Gasteiger partial charge in [0.15, 0.2) is 0 Å². The zero-order chi connectivity index (χ0) is 31.2. The molecule has 1 aromatic heterocycles. The highest BCUT2D eigenvalue weighted by molar-refractivity contribution is 5.69. The minimum absolute atomic E-state index is 0.0683. The third-order valence-corrected chi connectivity index (χ3v) is 13.4. The molecule has 4 fully saturated rings. The van der Waals surface area contributed by atoms with Gasteiger partial charge in [0.1, 0.15) is 6.79 Å². The monoisotopic (exact) mass is 610 g/mol. The van der Waals surface area contributed by atoms with Gasteiger partial charge < -0.3 is 19.5 Å². The summed E-state index contributed by atoms with van der Waals surface area (Å²) in [5.74, 6) is 3.95. The van der Waals surface area contributed by atoms with Crippen molar-refractivity contribution >= 4 is 5.97 Å². The number of ether oxygens (including phenoxy) is 3. The highest BCUT2D eigenvalue weighted by atomic mass is 16.7. The summed E-state index contributed by atoms with van der Waals surface area (Å²) >= 11 is 0. The van der Waals surface area contributed by atoms with Crippen LogP contribution in [0.3, 0.4) is 0 Å². The molecule has 0 bridgehead atoms. The molecule has 6 heteroatoms.